The number of rotatable bonds is 6. The molecule has 21 heavy (non-hydrogen) atoms. The standard InChI is InChI=1S/C14H17N3O3S/c1-9-8-20-14(16-9)21-6-5-13(18)17-12-4-3-10(19-2)7-11(12)15/h3-4,7-8H,5-6,15H2,1-2H3,(H,17,18). The number of nitrogens with zero attached hydrogens (tertiary/aromatic N) is 1. The number of ether oxygens (including phenoxy) is 1. The van der Waals surface area contributed by atoms with E-state index in [-0.39, 0.29) is 5.91 Å². The zero-order chi connectivity index (χ0) is 15.2. The topological polar surface area (TPSA) is 90.4 Å². The molecule has 0 saturated heterocycles. The van der Waals surface area contributed by atoms with Gasteiger partial charge in [-0.05, 0) is 19.1 Å². The third-order valence-electron chi connectivity index (χ3n) is 2.69. The SMILES string of the molecule is COc1ccc(NC(=O)CCSc2nc(C)co2)c(N)c1. The second kappa shape index (κ2) is 7.03. The highest BCUT2D eigenvalue weighted by atomic mass is 32.2. The first-order valence-electron chi connectivity index (χ1n) is 6.37. The van der Waals surface area contributed by atoms with E-state index in [4.69, 9.17) is 14.9 Å². The van der Waals surface area contributed by atoms with Crippen LogP contribution in [0.5, 0.6) is 5.75 Å². The van der Waals surface area contributed by atoms with Crippen LogP contribution in [-0.2, 0) is 4.79 Å². The fraction of sp³-hybridized carbons (Fsp3) is 0.286. The molecule has 0 atom stereocenters. The first-order chi connectivity index (χ1) is 10.1. The largest absolute Gasteiger partial charge is 0.497 e. The van der Waals surface area contributed by atoms with Crippen molar-refractivity contribution >= 4 is 29.0 Å². The van der Waals surface area contributed by atoms with Crippen molar-refractivity contribution in [3.8, 4) is 5.75 Å². The number of hydrogen-bond acceptors (Lipinski definition) is 6. The summed E-state index contributed by atoms with van der Waals surface area (Å²) < 4.78 is 10.3. The van der Waals surface area contributed by atoms with Crippen LogP contribution in [0.3, 0.4) is 0 Å². The molecule has 0 aliphatic rings. The van der Waals surface area contributed by atoms with Crippen LogP contribution >= 0.6 is 11.8 Å². The molecular formula is C14H17N3O3S. The molecule has 2 rings (SSSR count). The summed E-state index contributed by atoms with van der Waals surface area (Å²) in [6.07, 6.45) is 1.93. The van der Waals surface area contributed by atoms with Crippen molar-refractivity contribution in [1.82, 2.24) is 4.98 Å². The number of anilines is 2. The van der Waals surface area contributed by atoms with E-state index in [1.807, 2.05) is 6.92 Å². The lowest BCUT2D eigenvalue weighted by Crippen LogP contribution is -2.13. The molecule has 0 bridgehead atoms. The van der Waals surface area contributed by atoms with Gasteiger partial charge >= 0.3 is 0 Å². The Morgan fingerprint density at radius 3 is 2.95 bits per heavy atom. The lowest BCUT2D eigenvalue weighted by molar-refractivity contribution is -0.115. The number of thioether (sulfide) groups is 1. The molecule has 3 N–H and O–H groups in total. The van der Waals surface area contributed by atoms with Crippen molar-refractivity contribution in [1.29, 1.82) is 0 Å². The van der Waals surface area contributed by atoms with Crippen molar-refractivity contribution in [2.24, 2.45) is 0 Å². The summed E-state index contributed by atoms with van der Waals surface area (Å²) in [4.78, 5) is 16.0. The van der Waals surface area contributed by atoms with Crippen molar-refractivity contribution in [3.63, 3.8) is 0 Å². The molecule has 0 aliphatic carbocycles. The maximum atomic E-state index is 11.9. The molecule has 0 saturated carbocycles. The molecule has 1 heterocycles. The number of nitrogens with two attached hydrogens (primary N) is 1. The van der Waals surface area contributed by atoms with Crippen LogP contribution in [0.4, 0.5) is 11.4 Å². The van der Waals surface area contributed by atoms with Gasteiger partial charge in [-0.1, -0.05) is 11.8 Å². The normalized spacial score (nSPS) is 10.4. The molecule has 0 spiro atoms. The first kappa shape index (κ1) is 15.2. The fourth-order valence-corrected chi connectivity index (χ4v) is 2.41. The minimum Gasteiger partial charge on any atom is -0.497 e. The predicted molar refractivity (Wildman–Crippen MR) is 82.6 cm³/mol. The van der Waals surface area contributed by atoms with Gasteiger partial charge in [0, 0.05) is 18.2 Å². The number of carbonyl (C=O) groups is 1. The zero-order valence-corrected chi connectivity index (χ0v) is 12.7. The van der Waals surface area contributed by atoms with Crippen LogP contribution in [0.1, 0.15) is 12.1 Å². The Labute approximate surface area is 127 Å². The molecule has 112 valence electrons. The van der Waals surface area contributed by atoms with Crippen molar-refractivity contribution in [3.05, 3.63) is 30.2 Å². The zero-order valence-electron chi connectivity index (χ0n) is 11.9. The van der Waals surface area contributed by atoms with Crippen LogP contribution in [0.2, 0.25) is 0 Å². The van der Waals surface area contributed by atoms with Crippen molar-refractivity contribution in [2.45, 2.75) is 18.6 Å². The Bertz CT molecular complexity index is 628. The highest BCUT2D eigenvalue weighted by Crippen LogP contribution is 2.24. The summed E-state index contributed by atoms with van der Waals surface area (Å²) >= 11 is 1.40. The second-order valence-corrected chi connectivity index (χ2v) is 5.40. The molecule has 1 aromatic carbocycles. The van der Waals surface area contributed by atoms with Crippen LogP contribution in [0.15, 0.2) is 34.1 Å². The van der Waals surface area contributed by atoms with E-state index in [1.54, 1.807) is 31.6 Å². The number of oxazole rings is 1. The monoisotopic (exact) mass is 307 g/mol. The number of nitrogen functional groups attached to an aromatic ring is 1. The number of aryl methyl sites for hydroxylation is 1. The highest BCUT2D eigenvalue weighted by molar-refractivity contribution is 7.99. The Hall–Kier alpha value is -2.15. The van der Waals surface area contributed by atoms with Crippen LogP contribution in [-0.4, -0.2) is 23.8 Å². The molecular weight excluding hydrogens is 290 g/mol. The Morgan fingerprint density at radius 2 is 2.33 bits per heavy atom. The van der Waals surface area contributed by atoms with E-state index in [1.165, 1.54) is 11.8 Å². The van der Waals surface area contributed by atoms with Gasteiger partial charge in [-0.15, -0.1) is 0 Å². The molecule has 0 fully saturated rings. The van der Waals surface area contributed by atoms with Gasteiger partial charge in [-0.2, -0.15) is 0 Å². The number of nitrogens with one attached hydrogen (secondary N) is 1. The van der Waals surface area contributed by atoms with E-state index in [0.29, 0.717) is 34.5 Å². The quantitative estimate of drug-likeness (QED) is 0.630. The summed E-state index contributed by atoms with van der Waals surface area (Å²) in [6, 6.07) is 5.13. The van der Waals surface area contributed by atoms with Crippen LogP contribution in [0.25, 0.3) is 0 Å². The highest BCUT2D eigenvalue weighted by Gasteiger charge is 2.08. The van der Waals surface area contributed by atoms with Crippen LogP contribution < -0.4 is 15.8 Å². The number of aromatic nitrogens is 1. The molecule has 1 aromatic heterocycles. The number of methoxy groups -OCH3 is 1. The molecule has 2 aromatic rings. The Balaban J connectivity index is 1.81. The number of hydrogen-bond donors (Lipinski definition) is 2. The molecule has 0 radical (unpaired) electrons. The van der Waals surface area contributed by atoms with Gasteiger partial charge in [0.05, 0.1) is 24.2 Å². The summed E-state index contributed by atoms with van der Waals surface area (Å²) in [5.41, 5.74) is 7.72. The van der Waals surface area contributed by atoms with Gasteiger partial charge in [0.25, 0.3) is 5.22 Å². The van der Waals surface area contributed by atoms with Gasteiger partial charge in [0.15, 0.2) is 0 Å². The van der Waals surface area contributed by atoms with Gasteiger partial charge in [-0.25, -0.2) is 4.98 Å². The van der Waals surface area contributed by atoms with E-state index in [0.717, 1.165) is 5.69 Å². The number of amides is 1. The molecule has 1 amide bonds. The lowest BCUT2D eigenvalue weighted by Gasteiger charge is -2.09. The second-order valence-electron chi connectivity index (χ2n) is 4.35. The summed E-state index contributed by atoms with van der Waals surface area (Å²) in [5.74, 6) is 1.13. The van der Waals surface area contributed by atoms with Crippen LogP contribution in [0, 0.1) is 6.92 Å². The fourth-order valence-electron chi connectivity index (χ4n) is 1.62. The Morgan fingerprint density at radius 1 is 1.52 bits per heavy atom. The molecule has 0 aliphatic heterocycles. The first-order valence-corrected chi connectivity index (χ1v) is 7.35. The van der Waals surface area contributed by atoms with Gasteiger partial charge in [0.1, 0.15) is 12.0 Å². The summed E-state index contributed by atoms with van der Waals surface area (Å²) in [5, 5.41) is 3.34. The molecule has 7 heteroatoms. The van der Waals surface area contributed by atoms with Gasteiger partial charge in [-0.3, -0.25) is 4.79 Å². The third-order valence-corrected chi connectivity index (χ3v) is 3.53. The maximum absolute atomic E-state index is 11.9. The predicted octanol–water partition coefficient (Wildman–Crippen LogP) is 2.69. The minimum atomic E-state index is -0.109. The molecule has 6 nitrogen and oxygen atoms in total. The molecule has 0 unspecified atom stereocenters. The Kier molecular flexibility index (Phi) is 5.10. The lowest BCUT2D eigenvalue weighted by atomic mass is 10.2. The average molecular weight is 307 g/mol. The van der Waals surface area contributed by atoms with Crippen molar-refractivity contribution < 1.29 is 13.9 Å². The van der Waals surface area contributed by atoms with Gasteiger partial charge < -0.3 is 20.2 Å². The van der Waals surface area contributed by atoms with Gasteiger partial charge in [0.2, 0.25) is 5.91 Å². The summed E-state index contributed by atoms with van der Waals surface area (Å²) in [6.45, 7) is 1.85. The number of benzene rings is 1. The number of carbonyl (C=O) groups excluding carboxylic acids is 1. The van der Waals surface area contributed by atoms with E-state index in [9.17, 15) is 4.79 Å². The average Bonchev–Trinajstić information content (AvgIpc) is 2.86. The van der Waals surface area contributed by atoms with E-state index >= 15 is 0 Å². The summed E-state index contributed by atoms with van der Waals surface area (Å²) in [7, 11) is 1.56. The smallest absolute Gasteiger partial charge is 0.255 e. The maximum Gasteiger partial charge on any atom is 0.255 e. The van der Waals surface area contributed by atoms with E-state index < -0.39 is 0 Å². The third kappa shape index (κ3) is 4.42. The van der Waals surface area contributed by atoms with Crippen molar-refractivity contribution in [2.75, 3.05) is 23.9 Å². The van der Waals surface area contributed by atoms with E-state index in [2.05, 4.69) is 10.3 Å². The minimum absolute atomic E-state index is 0.109.